The first-order valence-electron chi connectivity index (χ1n) is 9.71. The van der Waals surface area contributed by atoms with E-state index >= 15 is 0 Å². The molecule has 7 nitrogen and oxygen atoms in total. The highest BCUT2D eigenvalue weighted by Crippen LogP contribution is 2.18. The van der Waals surface area contributed by atoms with Gasteiger partial charge in [0.25, 0.3) is 5.56 Å². The molecule has 7 heteroatoms. The van der Waals surface area contributed by atoms with E-state index in [0.717, 1.165) is 29.2 Å². The van der Waals surface area contributed by atoms with E-state index in [2.05, 4.69) is 27.2 Å². The van der Waals surface area contributed by atoms with Gasteiger partial charge in [-0.1, -0.05) is 23.8 Å². The maximum Gasteiger partial charge on any atom is 0.262 e. The van der Waals surface area contributed by atoms with E-state index in [4.69, 9.17) is 4.74 Å². The van der Waals surface area contributed by atoms with Crippen LogP contribution in [-0.2, 0) is 20.1 Å². The fourth-order valence-corrected chi connectivity index (χ4v) is 3.63. The first kappa shape index (κ1) is 19.1. The summed E-state index contributed by atoms with van der Waals surface area (Å²) in [4.78, 5) is 14.9. The van der Waals surface area contributed by atoms with Crippen LogP contribution in [0.4, 0.5) is 0 Å². The molecule has 0 radical (unpaired) electrons. The molecule has 2 aromatic heterocycles. The van der Waals surface area contributed by atoms with E-state index in [-0.39, 0.29) is 5.56 Å². The van der Waals surface area contributed by atoms with Crippen molar-refractivity contribution in [2.75, 3.05) is 13.7 Å². The van der Waals surface area contributed by atoms with Crippen molar-refractivity contribution in [1.29, 1.82) is 0 Å². The van der Waals surface area contributed by atoms with E-state index in [9.17, 15) is 4.79 Å². The monoisotopic (exact) mass is 391 g/mol. The summed E-state index contributed by atoms with van der Waals surface area (Å²) in [5.74, 6) is 2.23. The van der Waals surface area contributed by atoms with Gasteiger partial charge in [-0.05, 0) is 50.7 Å². The van der Waals surface area contributed by atoms with Gasteiger partial charge in [0, 0.05) is 13.6 Å². The zero-order chi connectivity index (χ0) is 20.5. The molecule has 0 aliphatic heterocycles. The molecule has 0 fully saturated rings. The Balaban J connectivity index is 1.66. The molecule has 0 saturated carbocycles. The second-order valence-corrected chi connectivity index (χ2v) is 7.39. The maximum atomic E-state index is 12.7. The quantitative estimate of drug-likeness (QED) is 0.506. The van der Waals surface area contributed by atoms with Gasteiger partial charge in [-0.3, -0.25) is 18.7 Å². The molecule has 2 heterocycles. The van der Waals surface area contributed by atoms with Crippen LogP contribution in [0.2, 0.25) is 0 Å². The molecule has 0 bridgehead atoms. The molecule has 0 N–H and O–H groups in total. The Morgan fingerprint density at radius 1 is 1.07 bits per heavy atom. The van der Waals surface area contributed by atoms with E-state index < -0.39 is 0 Å². The van der Waals surface area contributed by atoms with Crippen molar-refractivity contribution in [3.8, 4) is 5.75 Å². The Morgan fingerprint density at radius 2 is 1.83 bits per heavy atom. The van der Waals surface area contributed by atoms with Gasteiger partial charge in [0.05, 0.1) is 24.1 Å². The Bertz CT molecular complexity index is 1220. The van der Waals surface area contributed by atoms with Gasteiger partial charge in [-0.15, -0.1) is 10.2 Å². The SMILES string of the molecule is CCOc1ccc(CN(C)Cc2nnc3n(C)c(=O)c4cc(C)ccc4n23)cc1. The highest BCUT2D eigenvalue weighted by Gasteiger charge is 2.16. The Kier molecular flexibility index (Phi) is 5.07. The number of aryl methyl sites for hydroxylation is 2. The van der Waals surface area contributed by atoms with Gasteiger partial charge >= 0.3 is 0 Å². The van der Waals surface area contributed by atoms with Crippen LogP contribution in [0.5, 0.6) is 5.75 Å². The number of ether oxygens (including phenoxy) is 1. The zero-order valence-corrected chi connectivity index (χ0v) is 17.2. The van der Waals surface area contributed by atoms with Crippen LogP contribution in [0.1, 0.15) is 23.9 Å². The molecular weight excluding hydrogens is 366 g/mol. The van der Waals surface area contributed by atoms with Gasteiger partial charge in [0.2, 0.25) is 5.78 Å². The average molecular weight is 391 g/mol. The molecule has 2 aromatic carbocycles. The minimum atomic E-state index is -0.0575. The average Bonchev–Trinajstić information content (AvgIpc) is 3.11. The van der Waals surface area contributed by atoms with Crippen molar-refractivity contribution in [2.45, 2.75) is 26.9 Å². The third-order valence-corrected chi connectivity index (χ3v) is 5.04. The molecule has 0 aliphatic rings. The first-order chi connectivity index (χ1) is 14.0. The number of aromatic nitrogens is 4. The Hall–Kier alpha value is -3.19. The van der Waals surface area contributed by atoms with Crippen LogP contribution in [0.15, 0.2) is 47.3 Å². The van der Waals surface area contributed by atoms with Crippen molar-refractivity contribution >= 4 is 16.7 Å². The van der Waals surface area contributed by atoms with Crippen molar-refractivity contribution in [3.63, 3.8) is 0 Å². The minimum Gasteiger partial charge on any atom is -0.494 e. The predicted octanol–water partition coefficient (Wildman–Crippen LogP) is 2.92. The summed E-state index contributed by atoms with van der Waals surface area (Å²) in [5.41, 5.74) is 3.02. The van der Waals surface area contributed by atoms with E-state index in [0.29, 0.717) is 24.3 Å². The van der Waals surface area contributed by atoms with E-state index in [1.165, 1.54) is 5.56 Å². The largest absolute Gasteiger partial charge is 0.494 e. The molecular formula is C22H25N5O2. The van der Waals surface area contributed by atoms with Crippen molar-refractivity contribution < 1.29 is 4.74 Å². The second-order valence-electron chi connectivity index (χ2n) is 7.39. The van der Waals surface area contributed by atoms with Gasteiger partial charge in [0.15, 0.2) is 5.82 Å². The van der Waals surface area contributed by atoms with E-state index in [1.54, 1.807) is 11.6 Å². The third kappa shape index (κ3) is 3.61. The smallest absolute Gasteiger partial charge is 0.262 e. The molecule has 0 amide bonds. The van der Waals surface area contributed by atoms with Crippen LogP contribution in [-0.4, -0.2) is 37.7 Å². The molecule has 150 valence electrons. The second kappa shape index (κ2) is 7.67. The topological polar surface area (TPSA) is 64.7 Å². The number of hydrogen-bond donors (Lipinski definition) is 0. The number of fused-ring (bicyclic) bond motifs is 3. The summed E-state index contributed by atoms with van der Waals surface area (Å²) >= 11 is 0. The van der Waals surface area contributed by atoms with Crippen LogP contribution >= 0.6 is 0 Å². The molecule has 0 atom stereocenters. The van der Waals surface area contributed by atoms with Crippen LogP contribution in [0.3, 0.4) is 0 Å². The fraction of sp³-hybridized carbons (Fsp3) is 0.318. The summed E-state index contributed by atoms with van der Waals surface area (Å²) < 4.78 is 9.04. The highest BCUT2D eigenvalue weighted by atomic mass is 16.5. The van der Waals surface area contributed by atoms with Crippen molar-refractivity contribution in [1.82, 2.24) is 24.1 Å². The highest BCUT2D eigenvalue weighted by molar-refractivity contribution is 5.81. The lowest BCUT2D eigenvalue weighted by atomic mass is 10.1. The van der Waals surface area contributed by atoms with Crippen LogP contribution < -0.4 is 10.3 Å². The van der Waals surface area contributed by atoms with Gasteiger partial charge in [-0.2, -0.15) is 0 Å². The maximum absolute atomic E-state index is 12.7. The summed E-state index contributed by atoms with van der Waals surface area (Å²) in [7, 11) is 3.79. The van der Waals surface area contributed by atoms with E-state index in [1.807, 2.05) is 55.6 Å². The molecule has 0 aliphatic carbocycles. The standard InChI is InChI=1S/C22H25N5O2/c1-5-29-17-9-7-16(8-10-17)13-25(3)14-20-23-24-22-26(4)21(28)18-12-15(2)6-11-19(18)27(20)22/h6-12H,5,13-14H2,1-4H3. The van der Waals surface area contributed by atoms with Crippen molar-refractivity contribution in [3.05, 3.63) is 69.8 Å². The summed E-state index contributed by atoms with van der Waals surface area (Å²) in [6, 6.07) is 14.0. The fourth-order valence-electron chi connectivity index (χ4n) is 3.63. The minimum absolute atomic E-state index is 0.0575. The normalized spacial score (nSPS) is 11.6. The lowest BCUT2D eigenvalue weighted by Gasteiger charge is -2.16. The Morgan fingerprint density at radius 3 is 2.55 bits per heavy atom. The predicted molar refractivity (Wildman–Crippen MR) is 113 cm³/mol. The molecule has 0 saturated heterocycles. The number of hydrogen-bond acceptors (Lipinski definition) is 5. The Labute approximate surface area is 169 Å². The summed E-state index contributed by atoms with van der Waals surface area (Å²) in [5, 5.41) is 9.33. The number of nitrogens with zero attached hydrogens (tertiary/aromatic N) is 5. The zero-order valence-electron chi connectivity index (χ0n) is 17.2. The molecule has 29 heavy (non-hydrogen) atoms. The molecule has 0 spiro atoms. The molecule has 4 rings (SSSR count). The van der Waals surface area contributed by atoms with Gasteiger partial charge in [0.1, 0.15) is 5.75 Å². The molecule has 0 unspecified atom stereocenters. The summed E-state index contributed by atoms with van der Waals surface area (Å²) in [6.45, 7) is 6.00. The number of benzene rings is 2. The van der Waals surface area contributed by atoms with Gasteiger partial charge in [-0.25, -0.2) is 0 Å². The number of rotatable bonds is 6. The third-order valence-electron chi connectivity index (χ3n) is 5.04. The lowest BCUT2D eigenvalue weighted by molar-refractivity contribution is 0.309. The summed E-state index contributed by atoms with van der Waals surface area (Å²) in [6.07, 6.45) is 0. The van der Waals surface area contributed by atoms with Crippen LogP contribution in [0.25, 0.3) is 16.7 Å². The lowest BCUT2D eigenvalue weighted by Crippen LogP contribution is -2.22. The van der Waals surface area contributed by atoms with Crippen LogP contribution in [0, 0.1) is 6.92 Å². The van der Waals surface area contributed by atoms with Crippen molar-refractivity contribution in [2.24, 2.45) is 7.05 Å². The molecule has 4 aromatic rings. The van der Waals surface area contributed by atoms with Gasteiger partial charge < -0.3 is 4.74 Å². The first-order valence-corrected chi connectivity index (χ1v) is 9.71.